The zero-order valence-electron chi connectivity index (χ0n) is 17.7. The second-order valence-electron chi connectivity index (χ2n) is 11.2. The van der Waals surface area contributed by atoms with Crippen molar-refractivity contribution in [2.75, 3.05) is 0 Å². The van der Waals surface area contributed by atoms with Crippen LogP contribution in [-0.2, 0) is 0 Å². The van der Waals surface area contributed by atoms with Crippen molar-refractivity contribution < 1.29 is 0 Å². The lowest BCUT2D eigenvalue weighted by Gasteiger charge is -2.56. The predicted octanol–water partition coefficient (Wildman–Crippen LogP) is 7.68. The summed E-state index contributed by atoms with van der Waals surface area (Å²) in [6, 6.07) is 0. The normalized spacial score (nSPS) is 47.7. The minimum atomic E-state index is 0.835. The van der Waals surface area contributed by atoms with Gasteiger partial charge in [0, 0.05) is 0 Å². The summed E-state index contributed by atoms with van der Waals surface area (Å²) in [5.41, 5.74) is 3.62. The van der Waals surface area contributed by atoms with E-state index >= 15 is 0 Å². The predicted molar refractivity (Wildman–Crippen MR) is 118 cm³/mol. The third-order valence-electron chi connectivity index (χ3n) is 9.94. The van der Waals surface area contributed by atoms with Gasteiger partial charge in [-0.1, -0.05) is 62.0 Å². The highest BCUT2D eigenvalue weighted by atomic mass is 14.5. The van der Waals surface area contributed by atoms with Gasteiger partial charge in [-0.2, -0.15) is 0 Å². The van der Waals surface area contributed by atoms with Gasteiger partial charge in [0.1, 0.15) is 0 Å². The van der Waals surface area contributed by atoms with Crippen LogP contribution in [0.4, 0.5) is 0 Å². The molecule has 0 amide bonds. The molecular weight excluding hydrogens is 336 g/mol. The average molecular weight is 376 g/mol. The van der Waals surface area contributed by atoms with Crippen LogP contribution in [-0.4, -0.2) is 0 Å². The second kappa shape index (κ2) is 7.48. The first-order valence-electron chi connectivity index (χ1n) is 12.8. The third-order valence-corrected chi connectivity index (χ3v) is 9.94. The first-order valence-corrected chi connectivity index (χ1v) is 12.8. The minimum absolute atomic E-state index is 0.835. The van der Waals surface area contributed by atoms with Gasteiger partial charge in [-0.3, -0.25) is 0 Å². The molecule has 1 radical (unpaired) electrons. The van der Waals surface area contributed by atoms with Crippen LogP contribution < -0.4 is 0 Å². The Morgan fingerprint density at radius 1 is 0.786 bits per heavy atom. The molecule has 0 nitrogen and oxygen atoms in total. The van der Waals surface area contributed by atoms with Gasteiger partial charge in [-0.05, 0) is 111 Å². The average Bonchev–Trinajstić information content (AvgIpc) is 2.76. The topological polar surface area (TPSA) is 0 Å². The van der Waals surface area contributed by atoms with Gasteiger partial charge in [0.2, 0.25) is 0 Å². The molecule has 6 rings (SSSR count). The number of rotatable bonds is 1. The first-order chi connectivity index (χ1) is 13.9. The molecule has 0 heterocycles. The lowest BCUT2D eigenvalue weighted by Crippen LogP contribution is -2.48. The third kappa shape index (κ3) is 3.00. The van der Waals surface area contributed by atoms with Gasteiger partial charge in [-0.25, -0.2) is 0 Å². The summed E-state index contributed by atoms with van der Waals surface area (Å²) in [4.78, 5) is 0. The standard InChI is InChI=1S/C28H39/c1-2-9-20-18-27-23(16-19(20)8-1)12-7-15-26(27)28-24-13-5-3-10-21(24)17-22-11-4-6-14-25(22)28/h1-2,9-10,18-19,21-26,28H,3-8,11-17H2. The fourth-order valence-corrected chi connectivity index (χ4v) is 8.86. The van der Waals surface area contributed by atoms with Crippen LogP contribution in [0.5, 0.6) is 0 Å². The maximum Gasteiger partial charge on any atom is -0.0122 e. The molecule has 8 atom stereocenters. The zero-order valence-corrected chi connectivity index (χ0v) is 17.7. The summed E-state index contributed by atoms with van der Waals surface area (Å²) in [6.07, 6.45) is 32.1. The van der Waals surface area contributed by atoms with Crippen LogP contribution in [0.1, 0.15) is 83.5 Å². The van der Waals surface area contributed by atoms with Crippen molar-refractivity contribution in [3.05, 3.63) is 41.9 Å². The molecule has 0 aromatic carbocycles. The Hall–Kier alpha value is -0.780. The minimum Gasteiger partial charge on any atom is -0.0839 e. The van der Waals surface area contributed by atoms with E-state index in [0.29, 0.717) is 0 Å². The summed E-state index contributed by atoms with van der Waals surface area (Å²) in [7, 11) is 0. The molecule has 0 aliphatic heterocycles. The quantitative estimate of drug-likeness (QED) is 0.441. The van der Waals surface area contributed by atoms with Gasteiger partial charge < -0.3 is 0 Å². The molecule has 0 heteroatoms. The summed E-state index contributed by atoms with van der Waals surface area (Å²) in [5, 5.41) is 0. The number of allylic oxidation sites excluding steroid dienone is 6. The van der Waals surface area contributed by atoms with Crippen molar-refractivity contribution in [1.29, 1.82) is 0 Å². The van der Waals surface area contributed by atoms with Crippen LogP contribution in [0, 0.1) is 53.8 Å². The van der Waals surface area contributed by atoms with E-state index in [4.69, 9.17) is 0 Å². The Morgan fingerprint density at radius 2 is 1.71 bits per heavy atom. The van der Waals surface area contributed by atoms with Crippen molar-refractivity contribution >= 4 is 0 Å². The molecule has 0 aromatic rings. The SMILES string of the molecule is [CH]1CCCC2C1CC1CCCCC1C2C1CCCC2CC3CC=CC=C3C=C21. The number of hydrogen-bond acceptors (Lipinski definition) is 0. The fourth-order valence-electron chi connectivity index (χ4n) is 8.86. The first kappa shape index (κ1) is 18.0. The molecule has 4 fully saturated rings. The molecule has 4 saturated carbocycles. The van der Waals surface area contributed by atoms with Crippen molar-refractivity contribution in [2.45, 2.75) is 83.5 Å². The van der Waals surface area contributed by atoms with Crippen LogP contribution in [0.15, 0.2) is 35.5 Å². The van der Waals surface area contributed by atoms with Gasteiger partial charge in [0.05, 0.1) is 0 Å². The molecule has 28 heavy (non-hydrogen) atoms. The van der Waals surface area contributed by atoms with Crippen molar-refractivity contribution in [3.63, 3.8) is 0 Å². The Labute approximate surface area is 172 Å². The summed E-state index contributed by atoms with van der Waals surface area (Å²) < 4.78 is 0. The molecule has 6 aliphatic rings. The van der Waals surface area contributed by atoms with Crippen LogP contribution in [0.3, 0.4) is 0 Å². The van der Waals surface area contributed by atoms with E-state index in [1.165, 1.54) is 64.2 Å². The van der Waals surface area contributed by atoms with Crippen LogP contribution in [0.25, 0.3) is 0 Å². The molecule has 0 aromatic heterocycles. The zero-order chi connectivity index (χ0) is 18.5. The van der Waals surface area contributed by atoms with E-state index in [1.807, 2.05) is 5.57 Å². The summed E-state index contributed by atoms with van der Waals surface area (Å²) in [5.74, 6) is 7.81. The van der Waals surface area contributed by atoms with Crippen molar-refractivity contribution in [2.24, 2.45) is 47.3 Å². The Kier molecular flexibility index (Phi) is 4.82. The molecule has 0 N–H and O–H groups in total. The number of hydrogen-bond donors (Lipinski definition) is 0. The molecule has 6 aliphatic carbocycles. The molecule has 0 spiro atoms. The lowest BCUT2D eigenvalue weighted by molar-refractivity contribution is -0.0253. The molecule has 8 unspecified atom stereocenters. The van der Waals surface area contributed by atoms with Gasteiger partial charge in [-0.15, -0.1) is 0 Å². The molecule has 0 saturated heterocycles. The monoisotopic (exact) mass is 375 g/mol. The maximum absolute atomic E-state index is 2.78. The van der Waals surface area contributed by atoms with Crippen LogP contribution >= 0.6 is 0 Å². The highest BCUT2D eigenvalue weighted by Gasteiger charge is 2.50. The fraction of sp³-hybridized carbons (Fsp3) is 0.750. The van der Waals surface area contributed by atoms with E-state index in [2.05, 4.69) is 30.7 Å². The lowest BCUT2D eigenvalue weighted by atomic mass is 9.49. The van der Waals surface area contributed by atoms with E-state index in [1.54, 1.807) is 24.8 Å². The van der Waals surface area contributed by atoms with E-state index in [9.17, 15) is 0 Å². The number of fused-ring (bicyclic) bond motifs is 4. The highest BCUT2D eigenvalue weighted by Crippen LogP contribution is 2.59. The summed E-state index contributed by atoms with van der Waals surface area (Å²) in [6.45, 7) is 0. The Morgan fingerprint density at radius 3 is 2.71 bits per heavy atom. The van der Waals surface area contributed by atoms with Gasteiger partial charge in [0.15, 0.2) is 0 Å². The molecule has 0 bridgehead atoms. The van der Waals surface area contributed by atoms with E-state index in [-0.39, 0.29) is 0 Å². The van der Waals surface area contributed by atoms with Gasteiger partial charge in [0.25, 0.3) is 0 Å². The largest absolute Gasteiger partial charge is 0.0839 e. The molecule has 151 valence electrons. The Bertz CT molecular complexity index is 656. The smallest absolute Gasteiger partial charge is 0.0122 e. The van der Waals surface area contributed by atoms with Gasteiger partial charge >= 0.3 is 0 Å². The van der Waals surface area contributed by atoms with Crippen molar-refractivity contribution in [1.82, 2.24) is 0 Å². The summed E-state index contributed by atoms with van der Waals surface area (Å²) >= 11 is 0. The molecular formula is C28H39. The van der Waals surface area contributed by atoms with Crippen LogP contribution in [0.2, 0.25) is 0 Å². The second-order valence-corrected chi connectivity index (χ2v) is 11.2. The maximum atomic E-state index is 2.78. The van der Waals surface area contributed by atoms with E-state index < -0.39 is 0 Å². The van der Waals surface area contributed by atoms with E-state index in [0.717, 1.165) is 47.3 Å². The van der Waals surface area contributed by atoms with Crippen molar-refractivity contribution in [3.8, 4) is 0 Å². The Balaban J connectivity index is 1.37. The highest BCUT2D eigenvalue weighted by molar-refractivity contribution is 5.38.